The molecule has 14 nitrogen and oxygen atoms in total. The largest absolute Gasteiger partial charge is 0.495 e. The molecule has 1 heterocycles. The van der Waals surface area contributed by atoms with Crippen molar-refractivity contribution in [1.29, 1.82) is 0 Å². The molecule has 1 saturated carbocycles. The molecule has 1 spiro atoms. The van der Waals surface area contributed by atoms with Crippen LogP contribution in [0, 0.1) is 12.8 Å². The lowest BCUT2D eigenvalue weighted by atomic mass is 9.80. The fraction of sp³-hybridized carbons (Fsp3) is 0.439. The second-order valence-electron chi connectivity index (χ2n) is 14.5. The Balaban J connectivity index is 1.43. The number of carbonyl (C=O) groups is 5. The number of carboxylic acid groups (broad SMARTS) is 1. The molecule has 1 saturated heterocycles. The highest BCUT2D eigenvalue weighted by Gasteiger charge is 2.59. The number of urea groups is 2. The summed E-state index contributed by atoms with van der Waals surface area (Å²) in [5.74, 6) is -1.16. The van der Waals surface area contributed by atoms with Gasteiger partial charge in [0.25, 0.3) is 5.91 Å². The molecule has 0 bridgehead atoms. The van der Waals surface area contributed by atoms with Gasteiger partial charge in [0.2, 0.25) is 5.91 Å². The summed E-state index contributed by atoms with van der Waals surface area (Å²) in [5.41, 5.74) is 1.94. The van der Waals surface area contributed by atoms with Gasteiger partial charge in [-0.25, -0.2) is 14.5 Å². The molecule has 0 aromatic heterocycles. The second-order valence-corrected chi connectivity index (χ2v) is 14.5. The number of nitrogens with one attached hydrogen (secondary N) is 3. The van der Waals surface area contributed by atoms with E-state index in [0.717, 1.165) is 29.7 Å². The summed E-state index contributed by atoms with van der Waals surface area (Å²) in [4.78, 5) is 71.1. The number of nitrogens with zero attached hydrogens (tertiary/aromatic N) is 2. The van der Waals surface area contributed by atoms with Crippen molar-refractivity contribution in [3.63, 3.8) is 0 Å². The SMILES string of the molecule is COc1cc(CN2C(=O)N(C(CC(C)C)C(=O)NC(CC(=O)O)c3ccc(OC)c(OC)c3)C(=O)C23CCCCC3)ccc1NC(=O)Nc1ccccc1C. The number of benzene rings is 3. The maximum absolute atomic E-state index is 14.7. The van der Waals surface area contributed by atoms with Gasteiger partial charge >= 0.3 is 18.0 Å². The van der Waals surface area contributed by atoms with Gasteiger partial charge < -0.3 is 40.2 Å². The fourth-order valence-electron chi connectivity index (χ4n) is 7.50. The highest BCUT2D eigenvalue weighted by molar-refractivity contribution is 6.10. The van der Waals surface area contributed by atoms with E-state index in [-0.39, 0.29) is 18.9 Å². The van der Waals surface area contributed by atoms with Crippen LogP contribution in [0.5, 0.6) is 17.2 Å². The van der Waals surface area contributed by atoms with E-state index in [4.69, 9.17) is 14.2 Å². The lowest BCUT2D eigenvalue weighted by Crippen LogP contribution is -2.53. The zero-order valence-electron chi connectivity index (χ0n) is 32.3. The van der Waals surface area contributed by atoms with E-state index in [1.807, 2.05) is 39.0 Å². The molecule has 2 aliphatic rings. The van der Waals surface area contributed by atoms with Crippen LogP contribution in [-0.4, -0.2) is 77.7 Å². The van der Waals surface area contributed by atoms with E-state index >= 15 is 0 Å². The van der Waals surface area contributed by atoms with Gasteiger partial charge in [0.15, 0.2) is 11.5 Å². The third-order valence-electron chi connectivity index (χ3n) is 10.3. The number of aryl methyl sites for hydroxylation is 1. The van der Waals surface area contributed by atoms with Crippen LogP contribution in [0.4, 0.5) is 21.0 Å². The van der Waals surface area contributed by atoms with Crippen LogP contribution < -0.4 is 30.2 Å². The third kappa shape index (κ3) is 8.96. The maximum Gasteiger partial charge on any atom is 0.328 e. The van der Waals surface area contributed by atoms with Gasteiger partial charge in [-0.05, 0) is 79.1 Å². The first-order chi connectivity index (χ1) is 26.3. The van der Waals surface area contributed by atoms with Gasteiger partial charge in [-0.15, -0.1) is 0 Å². The van der Waals surface area contributed by atoms with Crippen molar-refractivity contribution in [1.82, 2.24) is 15.1 Å². The molecule has 0 radical (unpaired) electrons. The van der Waals surface area contributed by atoms with E-state index in [2.05, 4.69) is 16.0 Å². The van der Waals surface area contributed by atoms with E-state index in [1.54, 1.807) is 47.4 Å². The zero-order valence-corrected chi connectivity index (χ0v) is 32.3. The number of hydrogen-bond acceptors (Lipinski definition) is 8. The molecule has 2 unspecified atom stereocenters. The van der Waals surface area contributed by atoms with E-state index in [0.29, 0.717) is 52.6 Å². The highest BCUT2D eigenvalue weighted by atomic mass is 16.5. The normalized spacial score (nSPS) is 16.1. The number of carbonyl (C=O) groups excluding carboxylic acids is 4. The third-order valence-corrected chi connectivity index (χ3v) is 10.3. The predicted octanol–water partition coefficient (Wildman–Crippen LogP) is 6.88. The van der Waals surface area contributed by atoms with Gasteiger partial charge in [-0.3, -0.25) is 14.4 Å². The standard InChI is InChI=1S/C41H51N5O9/c1-25(2)20-32(37(49)42-31(23-36(47)48)28-15-17-33(53-4)35(22-28)55-6)46-38(50)41(18-10-7-11-19-41)45(40(46)52)24-27-14-16-30(34(21-27)54-5)44-39(51)43-29-13-9-8-12-26(29)3/h8-9,12-17,21-22,25,31-32H,7,10-11,18-20,23-24H2,1-6H3,(H,42,49)(H,47,48)(H2,43,44,51). The van der Waals surface area contributed by atoms with Crippen molar-refractivity contribution < 1.29 is 43.3 Å². The smallest absolute Gasteiger partial charge is 0.328 e. The van der Waals surface area contributed by atoms with Gasteiger partial charge in [0, 0.05) is 12.2 Å². The zero-order chi connectivity index (χ0) is 39.9. The lowest BCUT2D eigenvalue weighted by Gasteiger charge is -2.38. The summed E-state index contributed by atoms with van der Waals surface area (Å²) in [7, 11) is 4.41. The van der Waals surface area contributed by atoms with Crippen molar-refractivity contribution in [3.05, 3.63) is 77.4 Å². The molecule has 1 aliphatic carbocycles. The van der Waals surface area contributed by atoms with Crippen LogP contribution in [0.3, 0.4) is 0 Å². The molecular formula is C41H51N5O9. The van der Waals surface area contributed by atoms with Crippen LogP contribution in [0.25, 0.3) is 0 Å². The summed E-state index contributed by atoms with van der Waals surface area (Å²) in [6.07, 6.45) is 2.96. The molecule has 4 N–H and O–H groups in total. The van der Waals surface area contributed by atoms with Crippen molar-refractivity contribution in [2.45, 2.75) is 89.9 Å². The van der Waals surface area contributed by atoms with Crippen LogP contribution in [0.15, 0.2) is 60.7 Å². The van der Waals surface area contributed by atoms with E-state index in [9.17, 15) is 29.1 Å². The number of amides is 6. The Kier molecular flexibility index (Phi) is 12.9. The molecule has 294 valence electrons. The number of carboxylic acids is 1. The molecule has 2 fully saturated rings. The first-order valence-corrected chi connectivity index (χ1v) is 18.5. The Morgan fingerprint density at radius 1 is 0.836 bits per heavy atom. The molecular weight excluding hydrogens is 706 g/mol. The molecule has 14 heteroatoms. The number of imide groups is 1. The Morgan fingerprint density at radius 3 is 2.15 bits per heavy atom. The Morgan fingerprint density at radius 2 is 1.51 bits per heavy atom. The van der Waals surface area contributed by atoms with E-state index in [1.165, 1.54) is 21.3 Å². The fourth-order valence-corrected chi connectivity index (χ4v) is 7.50. The maximum atomic E-state index is 14.7. The number of anilines is 2. The lowest BCUT2D eigenvalue weighted by molar-refractivity contribution is -0.142. The quantitative estimate of drug-likeness (QED) is 0.121. The molecule has 3 aromatic rings. The van der Waals surface area contributed by atoms with Crippen LogP contribution in [0.1, 0.15) is 81.5 Å². The van der Waals surface area contributed by atoms with Crippen LogP contribution in [-0.2, 0) is 20.9 Å². The minimum absolute atomic E-state index is 0.0520. The van der Waals surface area contributed by atoms with Crippen LogP contribution >= 0.6 is 0 Å². The molecule has 5 rings (SSSR count). The summed E-state index contributed by atoms with van der Waals surface area (Å²) in [5, 5.41) is 18.3. The van der Waals surface area contributed by atoms with Gasteiger partial charge in [0.1, 0.15) is 17.3 Å². The first kappa shape index (κ1) is 40.4. The first-order valence-electron chi connectivity index (χ1n) is 18.5. The summed E-state index contributed by atoms with van der Waals surface area (Å²) in [6, 6.07) is 14.2. The minimum atomic E-state index is -1.20. The number of ether oxygens (including phenoxy) is 3. The number of hydrogen-bond donors (Lipinski definition) is 4. The minimum Gasteiger partial charge on any atom is -0.495 e. The number of aliphatic carboxylic acids is 1. The molecule has 1 aliphatic heterocycles. The number of para-hydroxylation sites is 1. The van der Waals surface area contributed by atoms with Crippen LogP contribution in [0.2, 0.25) is 0 Å². The topological polar surface area (TPSA) is 176 Å². The molecule has 3 aromatic carbocycles. The van der Waals surface area contributed by atoms with Gasteiger partial charge in [0.05, 0.1) is 39.5 Å². The average molecular weight is 758 g/mol. The number of rotatable bonds is 15. The summed E-state index contributed by atoms with van der Waals surface area (Å²) in [6.45, 7) is 5.73. The number of methoxy groups -OCH3 is 3. The Hall–Kier alpha value is -5.79. The Bertz CT molecular complexity index is 1910. The van der Waals surface area contributed by atoms with Gasteiger partial charge in [-0.2, -0.15) is 0 Å². The van der Waals surface area contributed by atoms with Crippen molar-refractivity contribution >= 4 is 41.2 Å². The molecule has 2 atom stereocenters. The summed E-state index contributed by atoms with van der Waals surface area (Å²) >= 11 is 0. The van der Waals surface area contributed by atoms with Crippen molar-refractivity contribution in [2.24, 2.45) is 5.92 Å². The van der Waals surface area contributed by atoms with E-state index < -0.39 is 53.9 Å². The monoisotopic (exact) mass is 757 g/mol. The second kappa shape index (κ2) is 17.6. The molecule has 6 amide bonds. The predicted molar refractivity (Wildman–Crippen MR) is 206 cm³/mol. The van der Waals surface area contributed by atoms with Crippen molar-refractivity contribution in [3.8, 4) is 17.2 Å². The average Bonchev–Trinajstić information content (AvgIpc) is 3.34. The van der Waals surface area contributed by atoms with Gasteiger partial charge in [-0.1, -0.05) is 63.4 Å². The Labute approximate surface area is 321 Å². The van der Waals surface area contributed by atoms with Crippen molar-refractivity contribution in [2.75, 3.05) is 32.0 Å². The summed E-state index contributed by atoms with van der Waals surface area (Å²) < 4.78 is 16.4. The highest BCUT2D eigenvalue weighted by Crippen LogP contribution is 2.43. The molecule has 55 heavy (non-hydrogen) atoms.